The molecular formula is C17H25NO3. The third kappa shape index (κ3) is 4.21. The van der Waals surface area contributed by atoms with Crippen molar-refractivity contribution in [3.05, 3.63) is 29.8 Å². The number of rotatable bonds is 7. The van der Waals surface area contributed by atoms with Crippen molar-refractivity contribution in [2.75, 3.05) is 13.7 Å². The number of para-hydroxylation sites is 1. The Balaban J connectivity index is 1.81. The van der Waals surface area contributed by atoms with E-state index in [9.17, 15) is 9.90 Å². The lowest BCUT2D eigenvalue weighted by Gasteiger charge is -2.30. The Kier molecular flexibility index (Phi) is 5.62. The topological polar surface area (TPSA) is 58.6 Å². The monoisotopic (exact) mass is 291 g/mol. The first-order chi connectivity index (χ1) is 10.1. The van der Waals surface area contributed by atoms with Gasteiger partial charge < -0.3 is 15.2 Å². The first kappa shape index (κ1) is 15.8. The van der Waals surface area contributed by atoms with E-state index in [0.29, 0.717) is 18.9 Å². The number of nitrogens with one attached hydrogen (secondary N) is 1. The van der Waals surface area contributed by atoms with Crippen molar-refractivity contribution in [2.45, 2.75) is 44.6 Å². The molecular weight excluding hydrogens is 266 g/mol. The molecule has 1 aromatic carbocycles. The highest BCUT2D eigenvalue weighted by molar-refractivity contribution is 5.77. The lowest BCUT2D eigenvalue weighted by atomic mass is 9.81. The van der Waals surface area contributed by atoms with Crippen molar-refractivity contribution < 1.29 is 14.6 Å². The fourth-order valence-corrected chi connectivity index (χ4v) is 2.74. The van der Waals surface area contributed by atoms with Gasteiger partial charge in [-0.25, -0.2) is 0 Å². The molecule has 1 aromatic rings. The molecule has 2 atom stereocenters. The van der Waals surface area contributed by atoms with Crippen LogP contribution in [0.4, 0.5) is 0 Å². The van der Waals surface area contributed by atoms with Crippen LogP contribution in [0.3, 0.4) is 0 Å². The molecule has 1 aliphatic rings. The van der Waals surface area contributed by atoms with E-state index in [1.807, 2.05) is 31.2 Å². The molecule has 0 spiro atoms. The van der Waals surface area contributed by atoms with Crippen LogP contribution in [-0.4, -0.2) is 30.8 Å². The molecule has 2 rings (SSSR count). The fraction of sp³-hybridized carbons (Fsp3) is 0.588. The van der Waals surface area contributed by atoms with Crippen LogP contribution < -0.4 is 10.1 Å². The van der Waals surface area contributed by atoms with Crippen molar-refractivity contribution in [1.82, 2.24) is 5.32 Å². The van der Waals surface area contributed by atoms with Gasteiger partial charge in [0.15, 0.2) is 0 Å². The van der Waals surface area contributed by atoms with E-state index in [1.54, 1.807) is 7.11 Å². The SMILES string of the molecule is COc1ccccc1C(C)CC(=O)NCC(O)C1CCC1. The van der Waals surface area contributed by atoms with Gasteiger partial charge in [-0.3, -0.25) is 4.79 Å². The smallest absolute Gasteiger partial charge is 0.220 e. The molecule has 2 unspecified atom stereocenters. The quantitative estimate of drug-likeness (QED) is 0.811. The number of aliphatic hydroxyl groups excluding tert-OH is 1. The van der Waals surface area contributed by atoms with Gasteiger partial charge in [-0.1, -0.05) is 31.5 Å². The highest BCUT2D eigenvalue weighted by Crippen LogP contribution is 2.30. The first-order valence-electron chi connectivity index (χ1n) is 7.69. The molecule has 1 saturated carbocycles. The van der Waals surface area contributed by atoms with E-state index < -0.39 is 6.10 Å². The maximum Gasteiger partial charge on any atom is 0.220 e. The number of methoxy groups -OCH3 is 1. The van der Waals surface area contributed by atoms with E-state index in [-0.39, 0.29) is 11.8 Å². The summed E-state index contributed by atoms with van der Waals surface area (Å²) >= 11 is 0. The molecule has 0 saturated heterocycles. The van der Waals surface area contributed by atoms with Crippen molar-refractivity contribution in [3.63, 3.8) is 0 Å². The summed E-state index contributed by atoms with van der Waals surface area (Å²) < 4.78 is 5.33. The first-order valence-corrected chi connectivity index (χ1v) is 7.69. The average molecular weight is 291 g/mol. The number of hydrogen-bond donors (Lipinski definition) is 2. The molecule has 0 aliphatic heterocycles. The summed E-state index contributed by atoms with van der Waals surface area (Å²) in [5, 5.41) is 12.8. The maximum atomic E-state index is 12.0. The number of amides is 1. The zero-order chi connectivity index (χ0) is 15.2. The highest BCUT2D eigenvalue weighted by atomic mass is 16.5. The summed E-state index contributed by atoms with van der Waals surface area (Å²) in [4.78, 5) is 12.0. The molecule has 1 aliphatic carbocycles. The Hall–Kier alpha value is -1.55. The molecule has 0 heterocycles. The Labute approximate surface area is 126 Å². The van der Waals surface area contributed by atoms with Crippen LogP contribution in [0.25, 0.3) is 0 Å². The number of ether oxygens (including phenoxy) is 1. The summed E-state index contributed by atoms with van der Waals surface area (Å²) in [5.41, 5.74) is 1.04. The highest BCUT2D eigenvalue weighted by Gasteiger charge is 2.25. The number of carbonyl (C=O) groups is 1. The molecule has 2 N–H and O–H groups in total. The van der Waals surface area contributed by atoms with Gasteiger partial charge in [-0.15, -0.1) is 0 Å². The summed E-state index contributed by atoms with van der Waals surface area (Å²) in [6.45, 7) is 2.38. The zero-order valence-electron chi connectivity index (χ0n) is 12.8. The molecule has 0 radical (unpaired) electrons. The molecule has 21 heavy (non-hydrogen) atoms. The van der Waals surface area contributed by atoms with E-state index in [2.05, 4.69) is 5.32 Å². The predicted octanol–water partition coefficient (Wildman–Crippen LogP) is 2.47. The van der Waals surface area contributed by atoms with Crippen LogP contribution in [0.15, 0.2) is 24.3 Å². The van der Waals surface area contributed by atoms with Gasteiger partial charge in [0.25, 0.3) is 0 Å². The minimum Gasteiger partial charge on any atom is -0.496 e. The van der Waals surface area contributed by atoms with Crippen LogP contribution in [0.5, 0.6) is 5.75 Å². The van der Waals surface area contributed by atoms with Gasteiger partial charge in [0, 0.05) is 13.0 Å². The van der Waals surface area contributed by atoms with E-state index in [1.165, 1.54) is 6.42 Å². The number of carbonyl (C=O) groups excluding carboxylic acids is 1. The summed E-state index contributed by atoms with van der Waals surface area (Å²) in [6, 6.07) is 7.76. The Morgan fingerprint density at radius 2 is 2.14 bits per heavy atom. The molecule has 1 fully saturated rings. The second-order valence-electron chi connectivity index (χ2n) is 5.91. The summed E-state index contributed by atoms with van der Waals surface area (Å²) in [7, 11) is 1.64. The van der Waals surface area contributed by atoms with Crippen molar-refractivity contribution in [2.24, 2.45) is 5.92 Å². The Bertz CT molecular complexity index is 471. The largest absolute Gasteiger partial charge is 0.496 e. The normalized spacial score (nSPS) is 17.7. The van der Waals surface area contributed by atoms with Crippen molar-refractivity contribution in [3.8, 4) is 5.75 Å². The van der Waals surface area contributed by atoms with Crippen molar-refractivity contribution >= 4 is 5.91 Å². The average Bonchev–Trinajstić information content (AvgIpc) is 2.43. The van der Waals surface area contributed by atoms with Crippen molar-refractivity contribution in [1.29, 1.82) is 0 Å². The summed E-state index contributed by atoms with van der Waals surface area (Å²) in [6.07, 6.45) is 3.35. The third-order valence-corrected chi connectivity index (χ3v) is 4.36. The van der Waals surface area contributed by atoms with E-state index in [4.69, 9.17) is 4.74 Å². The Morgan fingerprint density at radius 3 is 2.76 bits per heavy atom. The number of benzene rings is 1. The van der Waals surface area contributed by atoms with Crippen LogP contribution in [0, 0.1) is 5.92 Å². The Morgan fingerprint density at radius 1 is 1.43 bits per heavy atom. The summed E-state index contributed by atoms with van der Waals surface area (Å²) in [5.74, 6) is 1.25. The van der Waals surface area contributed by atoms with Gasteiger partial charge in [-0.05, 0) is 36.3 Å². The van der Waals surface area contributed by atoms with Crippen LogP contribution in [-0.2, 0) is 4.79 Å². The second-order valence-corrected chi connectivity index (χ2v) is 5.91. The molecule has 4 nitrogen and oxygen atoms in total. The van der Waals surface area contributed by atoms with Crippen LogP contribution in [0.1, 0.15) is 44.1 Å². The van der Waals surface area contributed by atoms with Gasteiger partial charge in [0.1, 0.15) is 5.75 Å². The second kappa shape index (κ2) is 7.46. The maximum absolute atomic E-state index is 12.0. The van der Waals surface area contributed by atoms with Crippen LogP contribution in [0.2, 0.25) is 0 Å². The minimum atomic E-state index is -0.399. The predicted molar refractivity (Wildman–Crippen MR) is 82.4 cm³/mol. The fourth-order valence-electron chi connectivity index (χ4n) is 2.74. The minimum absolute atomic E-state index is 0.0215. The van der Waals surface area contributed by atoms with Crippen LogP contribution >= 0.6 is 0 Å². The molecule has 0 bridgehead atoms. The van der Waals surface area contributed by atoms with Gasteiger partial charge in [0.2, 0.25) is 5.91 Å². The molecule has 1 amide bonds. The van der Waals surface area contributed by atoms with Gasteiger partial charge >= 0.3 is 0 Å². The zero-order valence-corrected chi connectivity index (χ0v) is 12.8. The molecule has 0 aromatic heterocycles. The lowest BCUT2D eigenvalue weighted by Crippen LogP contribution is -2.38. The number of aliphatic hydroxyl groups is 1. The van der Waals surface area contributed by atoms with Gasteiger partial charge in [0.05, 0.1) is 13.2 Å². The third-order valence-electron chi connectivity index (χ3n) is 4.36. The van der Waals surface area contributed by atoms with E-state index in [0.717, 1.165) is 24.2 Å². The molecule has 116 valence electrons. The molecule has 4 heteroatoms. The standard InChI is InChI=1S/C17H25NO3/c1-12(14-8-3-4-9-16(14)21-2)10-17(20)18-11-15(19)13-6-5-7-13/h3-4,8-9,12-13,15,19H,5-7,10-11H2,1-2H3,(H,18,20). The van der Waals surface area contributed by atoms with Gasteiger partial charge in [-0.2, -0.15) is 0 Å². The number of hydrogen-bond acceptors (Lipinski definition) is 3. The lowest BCUT2D eigenvalue weighted by molar-refractivity contribution is -0.122. The van der Waals surface area contributed by atoms with E-state index >= 15 is 0 Å².